The number of halogens is 4. The highest BCUT2D eigenvalue weighted by atomic mass is 127. The number of likely N-dealkylation sites (tertiary alicyclic amines) is 1. The van der Waals surface area contributed by atoms with Gasteiger partial charge >= 0.3 is 6.18 Å². The minimum atomic E-state index is -4.39. The summed E-state index contributed by atoms with van der Waals surface area (Å²) in [6.45, 7) is 5.47. The van der Waals surface area contributed by atoms with Crippen LogP contribution in [0, 0.1) is 5.41 Å². The molecule has 0 spiro atoms. The Kier molecular flexibility index (Phi) is 8.49. The maximum absolute atomic E-state index is 12.3. The van der Waals surface area contributed by atoms with Gasteiger partial charge < -0.3 is 19.7 Å². The Balaban J connectivity index is 0.00000364. The fourth-order valence-corrected chi connectivity index (χ4v) is 2.91. The number of aliphatic imine (C=N–C) groups is 1. The molecule has 1 heterocycles. The number of alkyl halides is 3. The van der Waals surface area contributed by atoms with Gasteiger partial charge in [-0.1, -0.05) is 19.9 Å². The molecule has 0 bridgehead atoms. The summed E-state index contributed by atoms with van der Waals surface area (Å²) in [5.41, 5.74) is 1.12. The fraction of sp³-hybridized carbons (Fsp3) is 0.611. The first-order valence-electron chi connectivity index (χ1n) is 8.45. The van der Waals surface area contributed by atoms with Crippen LogP contribution < -0.4 is 14.8 Å². The first-order valence-corrected chi connectivity index (χ1v) is 8.45. The summed E-state index contributed by atoms with van der Waals surface area (Å²) in [5.74, 6) is 1.15. The van der Waals surface area contributed by atoms with Crippen molar-refractivity contribution < 1.29 is 22.6 Å². The Morgan fingerprint density at radius 3 is 2.52 bits per heavy atom. The Labute approximate surface area is 175 Å². The van der Waals surface area contributed by atoms with Gasteiger partial charge in [0.25, 0.3) is 0 Å². The van der Waals surface area contributed by atoms with Crippen LogP contribution in [0.25, 0.3) is 0 Å². The van der Waals surface area contributed by atoms with Crippen LogP contribution in [-0.2, 0) is 6.54 Å². The number of hydrogen-bond donors (Lipinski definition) is 1. The molecule has 2 rings (SSSR count). The van der Waals surface area contributed by atoms with Crippen LogP contribution in [0.2, 0.25) is 0 Å². The van der Waals surface area contributed by atoms with Gasteiger partial charge in [0.2, 0.25) is 0 Å². The van der Waals surface area contributed by atoms with Gasteiger partial charge in [-0.05, 0) is 29.5 Å². The number of methoxy groups -OCH3 is 1. The molecule has 27 heavy (non-hydrogen) atoms. The summed E-state index contributed by atoms with van der Waals surface area (Å²) in [4.78, 5) is 6.52. The summed E-state index contributed by atoms with van der Waals surface area (Å²) < 4.78 is 46.9. The lowest BCUT2D eigenvalue weighted by molar-refractivity contribution is -0.153. The maximum atomic E-state index is 12.3. The molecular weight excluding hydrogens is 474 g/mol. The van der Waals surface area contributed by atoms with Crippen LogP contribution in [0.5, 0.6) is 11.5 Å². The van der Waals surface area contributed by atoms with Crippen molar-refractivity contribution in [3.63, 3.8) is 0 Å². The van der Waals surface area contributed by atoms with Crippen LogP contribution in [-0.4, -0.2) is 50.9 Å². The molecule has 1 aliphatic rings. The molecule has 0 atom stereocenters. The van der Waals surface area contributed by atoms with Crippen molar-refractivity contribution in [2.24, 2.45) is 10.4 Å². The predicted molar refractivity (Wildman–Crippen MR) is 110 cm³/mol. The third-order valence-corrected chi connectivity index (χ3v) is 4.26. The van der Waals surface area contributed by atoms with Gasteiger partial charge in [-0.25, -0.2) is 0 Å². The molecule has 1 aromatic carbocycles. The monoisotopic (exact) mass is 501 g/mol. The van der Waals surface area contributed by atoms with Crippen molar-refractivity contribution >= 4 is 29.9 Å². The summed E-state index contributed by atoms with van der Waals surface area (Å²) in [6.07, 6.45) is -3.28. The van der Waals surface area contributed by atoms with Crippen LogP contribution in [0.3, 0.4) is 0 Å². The number of nitrogens with one attached hydrogen (secondary N) is 1. The van der Waals surface area contributed by atoms with Crippen molar-refractivity contribution in [1.82, 2.24) is 10.2 Å². The molecular formula is C18H27F3IN3O2. The maximum Gasteiger partial charge on any atom is 0.422 e. The molecule has 5 nitrogen and oxygen atoms in total. The third kappa shape index (κ3) is 7.27. The van der Waals surface area contributed by atoms with E-state index in [-0.39, 0.29) is 40.9 Å². The van der Waals surface area contributed by atoms with E-state index >= 15 is 0 Å². The molecule has 1 aliphatic heterocycles. The average Bonchev–Trinajstić information content (AvgIpc) is 2.93. The first kappa shape index (κ1) is 23.6. The van der Waals surface area contributed by atoms with E-state index in [1.54, 1.807) is 19.2 Å². The first-order chi connectivity index (χ1) is 12.1. The van der Waals surface area contributed by atoms with Crippen molar-refractivity contribution in [3.8, 4) is 11.5 Å². The van der Waals surface area contributed by atoms with E-state index in [1.165, 1.54) is 13.2 Å². The molecule has 1 aromatic rings. The fourth-order valence-electron chi connectivity index (χ4n) is 2.91. The molecule has 9 heteroatoms. The minimum Gasteiger partial charge on any atom is -0.493 e. The number of rotatable bonds is 5. The molecule has 0 radical (unpaired) electrons. The molecule has 0 unspecified atom stereocenters. The van der Waals surface area contributed by atoms with Gasteiger partial charge in [0.1, 0.15) is 0 Å². The Bertz CT molecular complexity index is 651. The smallest absolute Gasteiger partial charge is 0.422 e. The Morgan fingerprint density at radius 1 is 1.30 bits per heavy atom. The van der Waals surface area contributed by atoms with E-state index in [9.17, 15) is 13.2 Å². The standard InChI is InChI=1S/C18H26F3N3O2.HI/c1-17(2)7-8-24(11-17)16(22-3)23-10-13-5-6-14(15(9-13)25-4)26-12-18(19,20)21;/h5-6,9H,7-8,10-12H2,1-4H3,(H,22,23);1H. The lowest BCUT2D eigenvalue weighted by Crippen LogP contribution is -2.40. The van der Waals surface area contributed by atoms with E-state index in [4.69, 9.17) is 9.47 Å². The van der Waals surface area contributed by atoms with E-state index < -0.39 is 12.8 Å². The SMILES string of the molecule is CN=C(NCc1ccc(OCC(F)(F)F)c(OC)c1)N1CCC(C)(C)C1.I. The Hall–Kier alpha value is -1.39. The van der Waals surface area contributed by atoms with E-state index in [0.717, 1.165) is 31.0 Å². The summed E-state index contributed by atoms with van der Waals surface area (Å²) in [6, 6.07) is 4.87. The van der Waals surface area contributed by atoms with Crippen LogP contribution in [0.15, 0.2) is 23.2 Å². The molecule has 1 N–H and O–H groups in total. The number of guanidine groups is 1. The molecule has 154 valence electrons. The predicted octanol–water partition coefficient (Wildman–Crippen LogP) is 4.06. The second kappa shape index (κ2) is 9.70. The minimum absolute atomic E-state index is 0. The highest BCUT2D eigenvalue weighted by molar-refractivity contribution is 14.0. The summed E-state index contributed by atoms with van der Waals surface area (Å²) >= 11 is 0. The van der Waals surface area contributed by atoms with Gasteiger partial charge in [-0.15, -0.1) is 24.0 Å². The zero-order chi connectivity index (χ0) is 19.4. The van der Waals surface area contributed by atoms with Gasteiger partial charge in [0, 0.05) is 26.7 Å². The van der Waals surface area contributed by atoms with Crippen LogP contribution in [0.1, 0.15) is 25.8 Å². The topological polar surface area (TPSA) is 46.1 Å². The highest BCUT2D eigenvalue weighted by Crippen LogP contribution is 2.30. The molecule has 0 saturated carbocycles. The van der Waals surface area contributed by atoms with E-state index in [1.807, 2.05) is 0 Å². The third-order valence-electron chi connectivity index (χ3n) is 4.26. The molecule has 0 aromatic heterocycles. The lowest BCUT2D eigenvalue weighted by atomic mass is 9.93. The van der Waals surface area contributed by atoms with Gasteiger partial charge in [-0.2, -0.15) is 13.2 Å². The van der Waals surface area contributed by atoms with Gasteiger partial charge in [0.05, 0.1) is 7.11 Å². The molecule has 1 saturated heterocycles. The second-order valence-electron chi connectivity index (χ2n) is 7.13. The quantitative estimate of drug-likeness (QED) is 0.376. The zero-order valence-corrected chi connectivity index (χ0v) is 18.4. The van der Waals surface area contributed by atoms with Crippen molar-refractivity contribution in [2.75, 3.05) is 33.9 Å². The van der Waals surface area contributed by atoms with E-state index in [2.05, 4.69) is 29.1 Å². The van der Waals surface area contributed by atoms with Crippen LogP contribution >= 0.6 is 24.0 Å². The summed E-state index contributed by atoms with van der Waals surface area (Å²) in [7, 11) is 3.14. The van der Waals surface area contributed by atoms with Crippen molar-refractivity contribution in [1.29, 1.82) is 0 Å². The van der Waals surface area contributed by atoms with Gasteiger partial charge in [0.15, 0.2) is 24.1 Å². The van der Waals surface area contributed by atoms with Gasteiger partial charge in [-0.3, -0.25) is 4.99 Å². The van der Waals surface area contributed by atoms with Crippen molar-refractivity contribution in [2.45, 2.75) is 33.0 Å². The lowest BCUT2D eigenvalue weighted by Gasteiger charge is -2.24. The van der Waals surface area contributed by atoms with E-state index in [0.29, 0.717) is 6.54 Å². The molecule has 0 amide bonds. The Morgan fingerprint density at radius 2 is 2.00 bits per heavy atom. The summed E-state index contributed by atoms with van der Waals surface area (Å²) in [5, 5.41) is 3.29. The largest absolute Gasteiger partial charge is 0.493 e. The highest BCUT2D eigenvalue weighted by Gasteiger charge is 2.31. The van der Waals surface area contributed by atoms with Crippen LogP contribution in [0.4, 0.5) is 13.2 Å². The normalized spacial score (nSPS) is 16.7. The number of benzene rings is 1. The van der Waals surface area contributed by atoms with Crippen molar-refractivity contribution in [3.05, 3.63) is 23.8 Å². The number of nitrogens with zero attached hydrogens (tertiary/aromatic N) is 2. The second-order valence-corrected chi connectivity index (χ2v) is 7.13. The molecule has 0 aliphatic carbocycles. The average molecular weight is 501 g/mol. The zero-order valence-electron chi connectivity index (χ0n) is 16.0. The number of ether oxygens (including phenoxy) is 2. The molecule has 1 fully saturated rings. The number of hydrogen-bond acceptors (Lipinski definition) is 3.